The fourth-order valence-electron chi connectivity index (χ4n) is 4.22. The molecule has 1 aliphatic heterocycles. The van der Waals surface area contributed by atoms with Crippen LogP contribution in [0.5, 0.6) is 0 Å². The van der Waals surface area contributed by atoms with Crippen LogP contribution in [0.2, 0.25) is 5.02 Å². The topological polar surface area (TPSA) is 125 Å². The van der Waals surface area contributed by atoms with E-state index in [9.17, 15) is 22.8 Å². The minimum Gasteiger partial charge on any atom is -0.444 e. The Hall–Kier alpha value is -3.31. The summed E-state index contributed by atoms with van der Waals surface area (Å²) >= 11 is 6.05. The summed E-state index contributed by atoms with van der Waals surface area (Å²) in [6.45, 7) is 7.42. The average molecular weight is 593 g/mol. The first-order chi connectivity index (χ1) is 18.6. The molecule has 10 nitrogen and oxygen atoms in total. The highest BCUT2D eigenvalue weighted by atomic mass is 35.5. The van der Waals surface area contributed by atoms with E-state index in [4.69, 9.17) is 16.3 Å². The number of alkyl carbamates (subject to hydrolysis) is 1. The fraction of sp³-hybridized carbons (Fsp3) is 0.464. The quantitative estimate of drug-likeness (QED) is 0.441. The molecule has 0 saturated carbocycles. The van der Waals surface area contributed by atoms with Crippen molar-refractivity contribution in [3.8, 4) is 0 Å². The highest BCUT2D eigenvalue weighted by Crippen LogP contribution is 2.37. The van der Waals surface area contributed by atoms with Gasteiger partial charge in [-0.1, -0.05) is 37.1 Å². The number of carbonyl (C=O) groups is 3. The maximum Gasteiger partial charge on any atom is 0.408 e. The predicted molar refractivity (Wildman–Crippen MR) is 156 cm³/mol. The molecule has 12 heteroatoms. The van der Waals surface area contributed by atoms with Gasteiger partial charge in [0.05, 0.1) is 34.1 Å². The smallest absolute Gasteiger partial charge is 0.408 e. The molecule has 2 aromatic rings. The fourth-order valence-corrected chi connectivity index (χ4v) is 5.97. The standard InChI is InChI=1S/C28H37ClN4O6S/c1-7-8-13-30-25(34)20-14-23-24(15-22(20)32(5)6)40(37,38)17-21(31-27(36)39-28(2,3)4)26(35)33(23)16-18-9-11-19(29)12-10-18/h9-12,14-15,21H,7-8,13,16-17H2,1-6H3,(H,30,34)(H,31,36)/t21-/m0/s1. The molecule has 0 saturated heterocycles. The van der Waals surface area contributed by atoms with Crippen molar-refractivity contribution in [1.82, 2.24) is 10.6 Å². The number of rotatable bonds is 8. The van der Waals surface area contributed by atoms with Gasteiger partial charge >= 0.3 is 6.09 Å². The van der Waals surface area contributed by atoms with Gasteiger partial charge in [0.2, 0.25) is 0 Å². The third-order valence-corrected chi connectivity index (χ3v) is 8.16. The first-order valence-corrected chi connectivity index (χ1v) is 15.1. The van der Waals surface area contributed by atoms with Gasteiger partial charge in [-0.2, -0.15) is 0 Å². The number of anilines is 2. The molecule has 0 spiro atoms. The van der Waals surface area contributed by atoms with Crippen molar-refractivity contribution in [2.24, 2.45) is 0 Å². The second-order valence-corrected chi connectivity index (χ2v) is 13.3. The molecule has 3 rings (SSSR count). The molecule has 0 radical (unpaired) electrons. The van der Waals surface area contributed by atoms with E-state index in [1.54, 1.807) is 64.0 Å². The summed E-state index contributed by atoms with van der Waals surface area (Å²) in [4.78, 5) is 42.6. The molecular weight excluding hydrogens is 556 g/mol. The van der Waals surface area contributed by atoms with E-state index >= 15 is 0 Å². The van der Waals surface area contributed by atoms with Crippen LogP contribution in [-0.2, 0) is 25.9 Å². The van der Waals surface area contributed by atoms with E-state index in [1.165, 1.54) is 17.0 Å². The molecule has 40 heavy (non-hydrogen) atoms. The zero-order valence-corrected chi connectivity index (χ0v) is 25.3. The van der Waals surface area contributed by atoms with E-state index < -0.39 is 39.2 Å². The first-order valence-electron chi connectivity index (χ1n) is 13.0. The van der Waals surface area contributed by atoms with Gasteiger partial charge in [-0.15, -0.1) is 0 Å². The number of nitrogens with one attached hydrogen (secondary N) is 2. The SMILES string of the molecule is CCCCNC(=O)c1cc2c(cc1N(C)C)S(=O)(=O)C[C@H](NC(=O)OC(C)(C)C)C(=O)N2Cc1ccc(Cl)cc1. The van der Waals surface area contributed by atoms with Gasteiger partial charge in [-0.3, -0.25) is 9.59 Å². The predicted octanol–water partition coefficient (Wildman–Crippen LogP) is 4.15. The highest BCUT2D eigenvalue weighted by molar-refractivity contribution is 7.91. The second-order valence-electron chi connectivity index (χ2n) is 10.9. The maximum absolute atomic E-state index is 13.9. The summed E-state index contributed by atoms with van der Waals surface area (Å²) in [6.07, 6.45) is 0.753. The number of nitrogens with zero attached hydrogens (tertiary/aromatic N) is 2. The lowest BCUT2D eigenvalue weighted by Gasteiger charge is -2.28. The minimum atomic E-state index is -4.11. The Labute approximate surface area is 240 Å². The van der Waals surface area contributed by atoms with Crippen molar-refractivity contribution in [1.29, 1.82) is 0 Å². The van der Waals surface area contributed by atoms with Gasteiger partial charge in [0, 0.05) is 25.7 Å². The third-order valence-electron chi connectivity index (χ3n) is 6.14. The van der Waals surface area contributed by atoms with Crippen LogP contribution in [0.15, 0.2) is 41.3 Å². The van der Waals surface area contributed by atoms with Crippen molar-refractivity contribution >= 4 is 50.7 Å². The van der Waals surface area contributed by atoms with Crippen LogP contribution >= 0.6 is 11.6 Å². The molecule has 2 N–H and O–H groups in total. The number of carbonyl (C=O) groups excluding carboxylic acids is 3. The van der Waals surface area contributed by atoms with Crippen LogP contribution in [0.1, 0.15) is 56.5 Å². The molecule has 0 bridgehead atoms. The van der Waals surface area contributed by atoms with Gasteiger partial charge in [0.15, 0.2) is 9.84 Å². The number of unbranched alkanes of at least 4 members (excludes halogenated alkanes) is 1. The summed E-state index contributed by atoms with van der Waals surface area (Å²) in [5.41, 5.74) is 0.476. The van der Waals surface area contributed by atoms with E-state index in [1.807, 2.05) is 6.92 Å². The maximum atomic E-state index is 13.9. The molecule has 218 valence electrons. The summed E-state index contributed by atoms with van der Waals surface area (Å²) in [7, 11) is -0.702. The molecule has 1 aliphatic rings. The van der Waals surface area contributed by atoms with Crippen LogP contribution in [0.4, 0.5) is 16.2 Å². The Bertz CT molecular complexity index is 1370. The Kier molecular flexibility index (Phi) is 9.73. The molecule has 0 unspecified atom stereocenters. The number of fused-ring (bicyclic) bond motifs is 1. The largest absolute Gasteiger partial charge is 0.444 e. The van der Waals surface area contributed by atoms with E-state index in [2.05, 4.69) is 10.6 Å². The number of sulfone groups is 1. The second kappa shape index (κ2) is 12.5. The monoisotopic (exact) mass is 592 g/mol. The molecule has 0 aliphatic carbocycles. The zero-order valence-electron chi connectivity index (χ0n) is 23.7. The van der Waals surface area contributed by atoms with E-state index in [0.717, 1.165) is 12.8 Å². The van der Waals surface area contributed by atoms with Gasteiger partial charge in [0.1, 0.15) is 11.6 Å². The van der Waals surface area contributed by atoms with Crippen molar-refractivity contribution in [3.05, 3.63) is 52.5 Å². The summed E-state index contributed by atoms with van der Waals surface area (Å²) in [5.74, 6) is -1.72. The number of hydrogen-bond acceptors (Lipinski definition) is 7. The highest BCUT2D eigenvalue weighted by Gasteiger charge is 2.40. The Morgan fingerprint density at radius 3 is 2.38 bits per heavy atom. The normalized spacial score (nSPS) is 16.5. The number of hydrogen-bond donors (Lipinski definition) is 2. The zero-order chi connectivity index (χ0) is 29.8. The van der Waals surface area contributed by atoms with Crippen molar-refractivity contribution in [2.75, 3.05) is 36.2 Å². The lowest BCUT2D eigenvalue weighted by Crippen LogP contribution is -2.51. The molecule has 0 aromatic heterocycles. The van der Waals surface area contributed by atoms with Crippen LogP contribution < -0.4 is 20.4 Å². The molecule has 0 fully saturated rings. The summed E-state index contributed by atoms with van der Waals surface area (Å²) < 4.78 is 32.7. The minimum absolute atomic E-state index is 0.0246. The van der Waals surface area contributed by atoms with Crippen LogP contribution in [-0.4, -0.2) is 64.4 Å². The molecule has 3 amide bonds. The lowest BCUT2D eigenvalue weighted by atomic mass is 10.1. The Morgan fingerprint density at radius 2 is 1.80 bits per heavy atom. The average Bonchev–Trinajstić information content (AvgIpc) is 2.92. The third kappa shape index (κ3) is 7.66. The van der Waals surface area contributed by atoms with E-state index in [-0.39, 0.29) is 28.6 Å². The van der Waals surface area contributed by atoms with Gasteiger partial charge in [-0.25, -0.2) is 13.2 Å². The number of ether oxygens (including phenoxy) is 1. The molecule has 1 heterocycles. The van der Waals surface area contributed by atoms with E-state index in [0.29, 0.717) is 22.8 Å². The van der Waals surface area contributed by atoms with Crippen LogP contribution in [0.3, 0.4) is 0 Å². The molecule has 2 aromatic carbocycles. The van der Waals surface area contributed by atoms with Crippen molar-refractivity contribution in [3.63, 3.8) is 0 Å². The molecule has 1 atom stereocenters. The number of halogens is 1. The van der Waals surface area contributed by atoms with Crippen LogP contribution in [0.25, 0.3) is 0 Å². The summed E-state index contributed by atoms with van der Waals surface area (Å²) in [5, 5.41) is 5.82. The summed E-state index contributed by atoms with van der Waals surface area (Å²) in [6, 6.07) is 8.19. The van der Waals surface area contributed by atoms with Gasteiger partial charge in [-0.05, 0) is 57.0 Å². The number of benzene rings is 2. The van der Waals surface area contributed by atoms with Gasteiger partial charge in [0.25, 0.3) is 11.8 Å². The van der Waals surface area contributed by atoms with Crippen LogP contribution in [0, 0.1) is 0 Å². The van der Waals surface area contributed by atoms with Crippen molar-refractivity contribution in [2.45, 2.75) is 63.6 Å². The Morgan fingerprint density at radius 1 is 1.15 bits per heavy atom. The Balaban J connectivity index is 2.18. The van der Waals surface area contributed by atoms with Crippen molar-refractivity contribution < 1.29 is 27.5 Å². The molecular formula is C28H37ClN4O6S. The lowest BCUT2D eigenvalue weighted by molar-refractivity contribution is -0.120. The number of amides is 3. The first kappa shape index (κ1) is 31.2. The van der Waals surface area contributed by atoms with Gasteiger partial charge < -0.3 is 25.2 Å².